The Bertz CT molecular complexity index is 1440. The Morgan fingerprint density at radius 3 is 2.32 bits per heavy atom. The summed E-state index contributed by atoms with van der Waals surface area (Å²) in [7, 11) is 0. The first kappa shape index (κ1) is 21.8. The van der Waals surface area contributed by atoms with Gasteiger partial charge >= 0.3 is 6.18 Å². The van der Waals surface area contributed by atoms with Gasteiger partial charge in [-0.05, 0) is 77.0 Å². The predicted octanol–water partition coefficient (Wildman–Crippen LogP) is 6.89. The normalized spacial score (nSPS) is 11.5. The Hall–Kier alpha value is -3.98. The molecule has 34 heavy (non-hydrogen) atoms. The van der Waals surface area contributed by atoms with Crippen molar-refractivity contribution in [1.29, 1.82) is 0 Å². The first-order valence-corrected chi connectivity index (χ1v) is 11.0. The summed E-state index contributed by atoms with van der Waals surface area (Å²) in [5.41, 5.74) is 1.60. The standard InChI is InChI=1S/C25H16F3N5S/c26-25(27,28)18-1-3-21(22(14-18)16-5-9-29-10-6-16)24-20-4-2-19(13-17(20)7-12-31-24)34-33-23-8-11-30-15-32-23/h1-15H,(H,30,32,33). The van der Waals surface area contributed by atoms with Gasteiger partial charge in [0.25, 0.3) is 0 Å². The van der Waals surface area contributed by atoms with E-state index in [1.807, 2.05) is 24.3 Å². The van der Waals surface area contributed by atoms with E-state index in [0.29, 0.717) is 28.2 Å². The quantitative estimate of drug-likeness (QED) is 0.279. The first-order chi connectivity index (χ1) is 16.5. The van der Waals surface area contributed by atoms with Gasteiger partial charge in [0.15, 0.2) is 0 Å². The maximum atomic E-state index is 13.5. The number of rotatable bonds is 5. The fourth-order valence-electron chi connectivity index (χ4n) is 3.59. The van der Waals surface area contributed by atoms with Crippen LogP contribution in [0.5, 0.6) is 0 Å². The topological polar surface area (TPSA) is 63.6 Å². The number of pyridine rings is 2. The Morgan fingerprint density at radius 1 is 0.735 bits per heavy atom. The lowest BCUT2D eigenvalue weighted by molar-refractivity contribution is -0.137. The van der Waals surface area contributed by atoms with Crippen LogP contribution in [0.4, 0.5) is 19.0 Å². The summed E-state index contributed by atoms with van der Waals surface area (Å²) in [6.45, 7) is 0. The summed E-state index contributed by atoms with van der Waals surface area (Å²) in [6, 6.07) is 16.6. The summed E-state index contributed by atoms with van der Waals surface area (Å²) in [5.74, 6) is 0.683. The van der Waals surface area contributed by atoms with Crippen molar-refractivity contribution in [3.63, 3.8) is 0 Å². The molecule has 1 N–H and O–H groups in total. The van der Waals surface area contributed by atoms with E-state index in [1.165, 1.54) is 30.4 Å². The van der Waals surface area contributed by atoms with Crippen molar-refractivity contribution < 1.29 is 13.2 Å². The molecule has 0 spiro atoms. The van der Waals surface area contributed by atoms with Crippen LogP contribution in [0, 0.1) is 0 Å². The van der Waals surface area contributed by atoms with Gasteiger partial charge in [0.05, 0.1) is 11.3 Å². The van der Waals surface area contributed by atoms with E-state index in [-0.39, 0.29) is 0 Å². The number of alkyl halides is 3. The average Bonchev–Trinajstić information content (AvgIpc) is 2.87. The van der Waals surface area contributed by atoms with E-state index in [4.69, 9.17) is 0 Å². The molecular formula is C25H16F3N5S. The van der Waals surface area contributed by atoms with Crippen LogP contribution in [-0.2, 0) is 6.18 Å². The molecule has 0 radical (unpaired) electrons. The third-order valence-corrected chi connectivity index (χ3v) is 5.99. The molecule has 0 unspecified atom stereocenters. The van der Waals surface area contributed by atoms with E-state index in [2.05, 4.69) is 24.7 Å². The lowest BCUT2D eigenvalue weighted by Crippen LogP contribution is -2.05. The van der Waals surface area contributed by atoms with Crippen LogP contribution in [0.25, 0.3) is 33.2 Å². The summed E-state index contributed by atoms with van der Waals surface area (Å²) in [5, 5.41) is 1.75. The van der Waals surface area contributed by atoms with E-state index in [9.17, 15) is 13.2 Å². The van der Waals surface area contributed by atoms with Crippen molar-refractivity contribution in [3.05, 3.63) is 97.3 Å². The molecule has 3 heterocycles. The minimum Gasteiger partial charge on any atom is -0.310 e. The second-order valence-corrected chi connectivity index (χ2v) is 8.21. The fraction of sp³-hybridized carbons (Fsp3) is 0.0400. The second kappa shape index (κ2) is 9.11. The molecule has 3 aromatic heterocycles. The zero-order valence-corrected chi connectivity index (χ0v) is 18.3. The van der Waals surface area contributed by atoms with Crippen LogP contribution in [0.3, 0.4) is 0 Å². The van der Waals surface area contributed by atoms with Crippen molar-refractivity contribution in [2.75, 3.05) is 4.72 Å². The number of benzene rings is 2. The Labute approximate surface area is 197 Å². The van der Waals surface area contributed by atoms with Gasteiger partial charge in [-0.3, -0.25) is 9.97 Å². The molecular weight excluding hydrogens is 459 g/mol. The summed E-state index contributed by atoms with van der Waals surface area (Å²) in [4.78, 5) is 17.5. The number of halogens is 3. The Morgan fingerprint density at radius 2 is 1.56 bits per heavy atom. The molecule has 168 valence electrons. The molecule has 0 saturated heterocycles. The lowest BCUT2D eigenvalue weighted by atomic mass is 9.93. The van der Waals surface area contributed by atoms with Gasteiger partial charge in [-0.25, -0.2) is 9.97 Å². The van der Waals surface area contributed by atoms with Crippen molar-refractivity contribution in [2.45, 2.75) is 11.1 Å². The second-order valence-electron chi connectivity index (χ2n) is 7.34. The minimum atomic E-state index is -4.45. The highest BCUT2D eigenvalue weighted by Crippen LogP contribution is 2.39. The highest BCUT2D eigenvalue weighted by molar-refractivity contribution is 8.00. The number of anilines is 1. The summed E-state index contributed by atoms with van der Waals surface area (Å²) < 4.78 is 43.6. The average molecular weight is 475 g/mol. The molecule has 0 aliphatic heterocycles. The molecule has 0 saturated carbocycles. The molecule has 0 amide bonds. The number of aromatic nitrogens is 4. The number of fused-ring (bicyclic) bond motifs is 1. The molecule has 0 bridgehead atoms. The summed E-state index contributed by atoms with van der Waals surface area (Å²) in [6.07, 6.45) is 3.45. The highest BCUT2D eigenvalue weighted by Gasteiger charge is 2.31. The van der Waals surface area contributed by atoms with Crippen LogP contribution < -0.4 is 4.72 Å². The molecule has 0 atom stereocenters. The molecule has 2 aromatic carbocycles. The van der Waals surface area contributed by atoms with Gasteiger partial charge in [-0.15, -0.1) is 0 Å². The van der Waals surface area contributed by atoms with Crippen molar-refractivity contribution in [3.8, 4) is 22.4 Å². The SMILES string of the molecule is FC(F)(F)c1ccc(-c2nccc3cc(SNc4ccncn4)ccc23)c(-c2ccncc2)c1. The monoisotopic (exact) mass is 475 g/mol. The first-order valence-electron chi connectivity index (χ1n) is 10.2. The zero-order valence-electron chi connectivity index (χ0n) is 17.5. The van der Waals surface area contributed by atoms with Gasteiger partial charge in [-0.2, -0.15) is 13.2 Å². The molecule has 5 nitrogen and oxygen atoms in total. The van der Waals surface area contributed by atoms with E-state index >= 15 is 0 Å². The van der Waals surface area contributed by atoms with Crippen molar-refractivity contribution >= 4 is 28.5 Å². The highest BCUT2D eigenvalue weighted by atomic mass is 32.2. The van der Waals surface area contributed by atoms with Crippen LogP contribution in [0.2, 0.25) is 0 Å². The van der Waals surface area contributed by atoms with Crippen LogP contribution >= 0.6 is 11.9 Å². The molecule has 5 aromatic rings. The summed E-state index contributed by atoms with van der Waals surface area (Å²) >= 11 is 1.40. The number of nitrogens with zero attached hydrogens (tertiary/aromatic N) is 4. The third-order valence-electron chi connectivity index (χ3n) is 5.18. The van der Waals surface area contributed by atoms with Gasteiger partial charge in [0.2, 0.25) is 0 Å². The van der Waals surface area contributed by atoms with Crippen LogP contribution in [0.1, 0.15) is 5.56 Å². The maximum absolute atomic E-state index is 13.5. The molecule has 9 heteroatoms. The van der Waals surface area contributed by atoms with Crippen LogP contribution in [-0.4, -0.2) is 19.9 Å². The molecule has 0 aliphatic rings. The number of hydrogen-bond acceptors (Lipinski definition) is 6. The third kappa shape index (κ3) is 4.55. The predicted molar refractivity (Wildman–Crippen MR) is 127 cm³/mol. The zero-order chi connectivity index (χ0) is 23.5. The minimum absolute atomic E-state index is 0.445. The number of hydrogen-bond donors (Lipinski definition) is 1. The Balaban J connectivity index is 1.57. The Kier molecular flexibility index (Phi) is 5.85. The fourth-order valence-corrected chi connectivity index (χ4v) is 4.26. The van der Waals surface area contributed by atoms with E-state index in [1.54, 1.807) is 43.0 Å². The van der Waals surface area contributed by atoms with Gasteiger partial charge in [-0.1, -0.05) is 12.1 Å². The van der Waals surface area contributed by atoms with Gasteiger partial charge in [0, 0.05) is 40.6 Å². The maximum Gasteiger partial charge on any atom is 0.416 e. The number of nitrogens with one attached hydrogen (secondary N) is 1. The van der Waals surface area contributed by atoms with Crippen LogP contribution in [0.15, 0.2) is 96.7 Å². The van der Waals surface area contributed by atoms with E-state index < -0.39 is 11.7 Å². The van der Waals surface area contributed by atoms with Gasteiger partial charge < -0.3 is 4.72 Å². The molecule has 0 fully saturated rings. The van der Waals surface area contributed by atoms with Gasteiger partial charge in [0.1, 0.15) is 12.1 Å². The van der Waals surface area contributed by atoms with Crippen molar-refractivity contribution in [1.82, 2.24) is 19.9 Å². The lowest BCUT2D eigenvalue weighted by Gasteiger charge is -2.15. The molecule has 5 rings (SSSR count). The smallest absolute Gasteiger partial charge is 0.310 e. The van der Waals surface area contributed by atoms with E-state index in [0.717, 1.165) is 21.7 Å². The largest absolute Gasteiger partial charge is 0.416 e. The molecule has 0 aliphatic carbocycles. The van der Waals surface area contributed by atoms with Crippen molar-refractivity contribution in [2.24, 2.45) is 0 Å².